The molecule has 8 N–H and O–H groups in total. The molecule has 3 aliphatic carbocycles. The number of aromatic hydroxyl groups is 2. The first-order valence-electron chi connectivity index (χ1n) is 24.1. The third kappa shape index (κ3) is 8.16. The van der Waals surface area contributed by atoms with Crippen LogP contribution in [-0.2, 0) is 38.0 Å². The minimum atomic E-state index is -2.52. The van der Waals surface area contributed by atoms with E-state index in [-0.39, 0.29) is 81.4 Å². The van der Waals surface area contributed by atoms with Crippen molar-refractivity contribution in [3.05, 3.63) is 75.4 Å². The Morgan fingerprint density at radius 2 is 1.39 bits per heavy atom. The number of allylic oxidation sites excluding steroid dienone is 2. The predicted molar refractivity (Wildman–Crippen MR) is 243 cm³/mol. The van der Waals surface area contributed by atoms with Gasteiger partial charge in [-0.05, 0) is 77.3 Å². The SMILES string of the molecule is C[C@@H]1O[C@@H](O[C@H]2C[C@H](c3cc4c(-c5ccc(O)cc5)c(=O)oc5c4c(c3O)C(=O)C3=C5[C@@]4(O[C@H]5CC[C@H](O)[C@H](C)O5)C(=O)C[C@](C)(O)C[C@@]4(O)C=C3)O[C@H](C)[C@H]2O)CC[C@@H]1O[C@H]1C[C@@H](O)[C@H](O)[C@@H](C)O1. The molecule has 19 nitrogen and oxygen atoms in total. The summed E-state index contributed by atoms with van der Waals surface area (Å²) in [5, 5.41) is 89.2. The number of carbonyl (C=O) groups is 2. The maximum Gasteiger partial charge on any atom is 0.344 e. The molecule has 17 atom stereocenters. The molecule has 10 rings (SSSR count). The number of phenols is 2. The lowest BCUT2D eigenvalue weighted by molar-refractivity contribution is -0.306. The maximum absolute atomic E-state index is 15.3. The fourth-order valence-electron chi connectivity index (χ4n) is 11.6. The second-order valence-electron chi connectivity index (χ2n) is 20.4. The van der Waals surface area contributed by atoms with Crippen LogP contribution in [-0.4, -0.2) is 149 Å². The predicted octanol–water partition coefficient (Wildman–Crippen LogP) is 3.24. The number of ether oxygens (including phenoxy) is 7. The molecule has 4 aliphatic heterocycles. The summed E-state index contributed by atoms with van der Waals surface area (Å²) in [4.78, 5) is 44.9. The summed E-state index contributed by atoms with van der Waals surface area (Å²) in [7, 11) is 0. The Bertz CT molecular complexity index is 2680. The van der Waals surface area contributed by atoms with E-state index in [1.165, 1.54) is 49.4 Å². The van der Waals surface area contributed by atoms with Crippen LogP contribution in [0.4, 0.5) is 0 Å². The van der Waals surface area contributed by atoms with Crippen molar-refractivity contribution in [2.75, 3.05) is 0 Å². The number of aliphatic hydroxyl groups is 6. The normalized spacial score (nSPS) is 40.8. The Morgan fingerprint density at radius 1 is 0.714 bits per heavy atom. The Hall–Kier alpha value is -4.45. The van der Waals surface area contributed by atoms with Crippen LogP contribution >= 0.6 is 0 Å². The second kappa shape index (κ2) is 17.9. The van der Waals surface area contributed by atoms with Crippen molar-refractivity contribution in [1.82, 2.24) is 0 Å². The van der Waals surface area contributed by atoms with Gasteiger partial charge in [0.1, 0.15) is 35.1 Å². The first-order valence-corrected chi connectivity index (χ1v) is 24.1. The highest BCUT2D eigenvalue weighted by molar-refractivity contribution is 6.31. The molecule has 1 aromatic heterocycles. The smallest absolute Gasteiger partial charge is 0.344 e. The van der Waals surface area contributed by atoms with E-state index in [1.54, 1.807) is 27.7 Å². The van der Waals surface area contributed by atoms with Gasteiger partial charge in [0.15, 0.2) is 36.0 Å². The van der Waals surface area contributed by atoms with Gasteiger partial charge in [-0.2, -0.15) is 0 Å². The van der Waals surface area contributed by atoms with Crippen LogP contribution in [0.15, 0.2) is 57.3 Å². The van der Waals surface area contributed by atoms with Gasteiger partial charge in [0, 0.05) is 66.0 Å². The molecule has 7 aliphatic rings. The lowest BCUT2D eigenvalue weighted by Crippen LogP contribution is -2.70. The highest BCUT2D eigenvalue weighted by Crippen LogP contribution is 2.58. The number of phenolic OH excluding ortho intramolecular Hbond substituents is 2. The van der Waals surface area contributed by atoms with Crippen molar-refractivity contribution in [3.63, 3.8) is 0 Å². The molecule has 3 aromatic rings. The lowest BCUT2D eigenvalue weighted by Gasteiger charge is -2.55. The Kier molecular flexibility index (Phi) is 12.6. The zero-order valence-electron chi connectivity index (χ0n) is 39.3. The number of Topliss-reactive ketones (excluding diaryl/α,β-unsaturated/α-hetero) is 2. The van der Waals surface area contributed by atoms with Gasteiger partial charge in [0.05, 0.1) is 71.7 Å². The molecule has 0 radical (unpaired) electrons. The first-order chi connectivity index (χ1) is 33.1. The minimum absolute atomic E-state index is 0.0550. The van der Waals surface area contributed by atoms with Crippen molar-refractivity contribution < 1.29 is 88.0 Å². The number of hydrogen-bond donors (Lipinski definition) is 8. The Labute approximate surface area is 401 Å². The number of ketones is 2. The summed E-state index contributed by atoms with van der Waals surface area (Å²) in [5.74, 6) is -2.68. The molecule has 1 saturated carbocycles. The minimum Gasteiger partial charge on any atom is -0.508 e. The summed E-state index contributed by atoms with van der Waals surface area (Å²) in [6, 6.07) is 7.13. The van der Waals surface area contributed by atoms with E-state index in [0.29, 0.717) is 12.8 Å². The molecule has 0 amide bonds. The number of rotatable bonds is 8. The van der Waals surface area contributed by atoms with E-state index in [0.717, 1.165) is 0 Å². The molecule has 2 aromatic carbocycles. The lowest BCUT2D eigenvalue weighted by atomic mass is 9.57. The van der Waals surface area contributed by atoms with Crippen molar-refractivity contribution in [2.45, 2.75) is 189 Å². The Morgan fingerprint density at radius 3 is 2.09 bits per heavy atom. The number of carbonyl (C=O) groups excluding carboxylic acids is 2. The van der Waals surface area contributed by atoms with Gasteiger partial charge in [-0.1, -0.05) is 18.2 Å². The zero-order chi connectivity index (χ0) is 49.9. The van der Waals surface area contributed by atoms with Gasteiger partial charge in [0.2, 0.25) is 0 Å². The van der Waals surface area contributed by atoms with Gasteiger partial charge in [0.25, 0.3) is 0 Å². The molecule has 0 unspecified atom stereocenters. The van der Waals surface area contributed by atoms with E-state index in [2.05, 4.69) is 0 Å². The topological polar surface area (TPSA) is 291 Å². The average molecular weight is 977 g/mol. The molecule has 5 heterocycles. The molecule has 4 saturated heterocycles. The maximum atomic E-state index is 15.3. The van der Waals surface area contributed by atoms with Crippen LogP contribution in [0.1, 0.15) is 114 Å². The summed E-state index contributed by atoms with van der Waals surface area (Å²) in [5.41, 5.74) is -8.19. The molecule has 70 heavy (non-hydrogen) atoms. The fraction of sp³-hybridized carbons (Fsp3) is 0.588. The third-order valence-corrected chi connectivity index (χ3v) is 15.3. The summed E-state index contributed by atoms with van der Waals surface area (Å²) >= 11 is 0. The van der Waals surface area contributed by atoms with E-state index < -0.39 is 139 Å². The highest BCUT2D eigenvalue weighted by Gasteiger charge is 2.68. The molecule has 0 bridgehead atoms. The molecule has 0 spiro atoms. The van der Waals surface area contributed by atoms with Crippen LogP contribution in [0.5, 0.6) is 11.5 Å². The van der Waals surface area contributed by atoms with Crippen LogP contribution < -0.4 is 5.63 Å². The van der Waals surface area contributed by atoms with Gasteiger partial charge in [-0.3, -0.25) is 9.59 Å². The molecule has 378 valence electrons. The number of benzene rings is 2. The second-order valence-corrected chi connectivity index (χ2v) is 20.4. The van der Waals surface area contributed by atoms with E-state index in [9.17, 15) is 50.4 Å². The van der Waals surface area contributed by atoms with Crippen LogP contribution in [0.25, 0.3) is 27.5 Å². The largest absolute Gasteiger partial charge is 0.508 e. The van der Waals surface area contributed by atoms with Crippen LogP contribution in [0.2, 0.25) is 0 Å². The fourth-order valence-corrected chi connectivity index (χ4v) is 11.6. The number of hydrogen-bond acceptors (Lipinski definition) is 19. The zero-order valence-corrected chi connectivity index (χ0v) is 39.3. The van der Waals surface area contributed by atoms with Gasteiger partial charge in [-0.25, -0.2) is 4.79 Å². The van der Waals surface area contributed by atoms with Crippen molar-refractivity contribution in [2.24, 2.45) is 0 Å². The van der Waals surface area contributed by atoms with Crippen molar-refractivity contribution in [1.29, 1.82) is 0 Å². The summed E-state index contributed by atoms with van der Waals surface area (Å²) in [6.07, 6.45) is -9.54. The van der Waals surface area contributed by atoms with Crippen LogP contribution in [0.3, 0.4) is 0 Å². The van der Waals surface area contributed by atoms with E-state index >= 15 is 4.79 Å². The summed E-state index contributed by atoms with van der Waals surface area (Å²) < 4.78 is 49.8. The standard InChI is InChI=1S/C51H60O19/c1-21-30(53)10-12-37(64-21)70-51-35(55)19-49(5,61)20-50(51,62)15-14-27-42(51)47-40-29(39(48(60)69-47)25-6-8-26(52)9-7-25)16-28(46(59)41(40)45(27)58)33-18-34(44(57)24(4)63-33)68-36-13-11-32(22(2)65-36)67-38-17-31(54)43(56)23(3)66-38/h6-9,14-16,21-24,30-34,36-38,43-44,52-54,56-57,59,61-62H,10-13,17-20H2,1-5H3/t21-,22-,23+,24+,30-,31+,32-,33+,34-,36-,37-,38-,43+,44+,49-,50-,51-/m0/s1. The number of fused-ring (bicyclic) bond motifs is 3. The van der Waals surface area contributed by atoms with E-state index in [1.807, 2.05) is 0 Å². The molecular formula is C51H60O19. The van der Waals surface area contributed by atoms with Crippen molar-refractivity contribution >= 4 is 27.9 Å². The molecule has 19 heteroatoms. The summed E-state index contributed by atoms with van der Waals surface area (Å²) in [6.45, 7) is 8.08. The van der Waals surface area contributed by atoms with E-state index in [4.69, 9.17) is 37.6 Å². The van der Waals surface area contributed by atoms with Gasteiger partial charge >= 0.3 is 5.63 Å². The van der Waals surface area contributed by atoms with Crippen LogP contribution in [0, 0.1) is 0 Å². The average Bonchev–Trinajstić information content (AvgIpc) is 3.28. The monoisotopic (exact) mass is 976 g/mol. The first kappa shape index (κ1) is 49.1. The Balaban J connectivity index is 1.04. The quantitative estimate of drug-likeness (QED) is 0.161. The van der Waals surface area contributed by atoms with Gasteiger partial charge < -0.3 is 78.4 Å². The third-order valence-electron chi connectivity index (χ3n) is 15.3. The van der Waals surface area contributed by atoms with Gasteiger partial charge in [-0.15, -0.1) is 0 Å². The molecular weight excluding hydrogens is 917 g/mol. The molecule has 5 fully saturated rings. The number of aliphatic hydroxyl groups excluding tert-OH is 4. The van der Waals surface area contributed by atoms with Crippen molar-refractivity contribution in [3.8, 4) is 22.6 Å². The highest BCUT2D eigenvalue weighted by atomic mass is 16.7.